The lowest BCUT2D eigenvalue weighted by molar-refractivity contribution is 0.100. The summed E-state index contributed by atoms with van der Waals surface area (Å²) in [5.41, 5.74) is 8.89. The number of aromatic nitrogens is 2. The fourth-order valence-electron chi connectivity index (χ4n) is 3.56. The molecule has 0 saturated carbocycles. The van der Waals surface area contributed by atoms with Crippen molar-refractivity contribution in [2.75, 3.05) is 10.8 Å². The van der Waals surface area contributed by atoms with E-state index in [1.807, 2.05) is 30.3 Å². The average Bonchev–Trinajstić information content (AvgIpc) is 3.13. The van der Waals surface area contributed by atoms with Crippen LogP contribution in [0.15, 0.2) is 66.9 Å². The van der Waals surface area contributed by atoms with E-state index in [1.165, 1.54) is 33.1 Å². The average molecular weight is 438 g/mol. The normalized spacial score (nSPS) is 11.2. The van der Waals surface area contributed by atoms with Crippen molar-refractivity contribution < 1.29 is 17.6 Å². The molecule has 158 valence electrons. The van der Waals surface area contributed by atoms with Crippen molar-refractivity contribution in [3.05, 3.63) is 78.2 Å². The van der Waals surface area contributed by atoms with Crippen LogP contribution in [0.2, 0.25) is 0 Å². The molecule has 0 fully saturated rings. The van der Waals surface area contributed by atoms with Crippen molar-refractivity contribution >= 4 is 28.0 Å². The van der Waals surface area contributed by atoms with E-state index in [0.29, 0.717) is 28.0 Å². The van der Waals surface area contributed by atoms with Gasteiger partial charge in [-0.3, -0.25) is 9.10 Å². The molecule has 0 aliphatic heterocycles. The lowest BCUT2D eigenvalue weighted by Gasteiger charge is -2.20. The molecule has 0 unspecified atom stereocenters. The number of nitrogens with zero attached hydrogens (tertiary/aromatic N) is 3. The van der Waals surface area contributed by atoms with Gasteiger partial charge in [0, 0.05) is 17.7 Å². The highest BCUT2D eigenvalue weighted by atomic mass is 32.2. The molecule has 0 spiro atoms. The Kier molecular flexibility index (Phi) is 5.43. The molecule has 4 rings (SSSR count). The first-order valence-electron chi connectivity index (χ1n) is 9.50. The second-order valence-electron chi connectivity index (χ2n) is 6.82. The molecular weight excluding hydrogens is 419 g/mol. The Morgan fingerprint density at radius 1 is 1.10 bits per heavy atom. The Morgan fingerprint density at radius 3 is 2.35 bits per heavy atom. The summed E-state index contributed by atoms with van der Waals surface area (Å²) < 4.78 is 39.9. The summed E-state index contributed by atoms with van der Waals surface area (Å²) in [5.74, 6) is -1.11. The van der Waals surface area contributed by atoms with Gasteiger partial charge in [-0.25, -0.2) is 17.3 Å². The highest BCUT2D eigenvalue weighted by molar-refractivity contribution is 7.74. The molecule has 2 heterocycles. The van der Waals surface area contributed by atoms with Gasteiger partial charge >= 0.3 is 0 Å². The number of primary amides is 1. The van der Waals surface area contributed by atoms with Crippen LogP contribution in [-0.2, 0) is 10.9 Å². The van der Waals surface area contributed by atoms with Crippen molar-refractivity contribution in [1.29, 1.82) is 0 Å². The summed E-state index contributed by atoms with van der Waals surface area (Å²) in [6.07, 6.45) is 1.56. The fourth-order valence-corrected chi connectivity index (χ4v) is 4.13. The van der Waals surface area contributed by atoms with Crippen molar-refractivity contribution in [1.82, 2.24) is 9.61 Å². The summed E-state index contributed by atoms with van der Waals surface area (Å²) in [6.45, 7) is 1.95. The quantitative estimate of drug-likeness (QED) is 0.452. The number of amides is 1. The maximum absolute atomic E-state index is 13.4. The number of carbonyl (C=O) groups excluding carboxylic acids is 1. The Balaban J connectivity index is 2.07. The maximum atomic E-state index is 13.4. The van der Waals surface area contributed by atoms with Crippen LogP contribution in [0.25, 0.3) is 27.9 Å². The van der Waals surface area contributed by atoms with Crippen LogP contribution in [0.3, 0.4) is 0 Å². The van der Waals surface area contributed by atoms with Gasteiger partial charge in [0.1, 0.15) is 11.5 Å². The van der Waals surface area contributed by atoms with Crippen LogP contribution in [-0.4, -0.2) is 30.5 Å². The summed E-state index contributed by atoms with van der Waals surface area (Å²) in [4.78, 5) is 12.4. The van der Waals surface area contributed by atoms with Crippen molar-refractivity contribution in [3.8, 4) is 22.4 Å². The third-order valence-electron chi connectivity index (χ3n) is 4.97. The third kappa shape index (κ3) is 3.75. The van der Waals surface area contributed by atoms with E-state index in [9.17, 15) is 17.6 Å². The SMILES string of the molecule is CCN(c1cn2nc(-c3ccc(F)cc3)c(C(N)=O)c2cc1-c1ccccc1)[SH](=O)=O. The number of anilines is 1. The zero-order valence-electron chi connectivity index (χ0n) is 16.5. The molecule has 7 nitrogen and oxygen atoms in total. The van der Waals surface area contributed by atoms with Gasteiger partial charge in [-0.1, -0.05) is 30.3 Å². The molecule has 1 amide bonds. The molecule has 0 atom stereocenters. The predicted octanol–water partition coefficient (Wildman–Crippen LogP) is 3.26. The smallest absolute Gasteiger partial charge is 0.253 e. The third-order valence-corrected chi connectivity index (χ3v) is 5.87. The molecule has 2 aromatic carbocycles. The zero-order chi connectivity index (χ0) is 22.1. The number of benzene rings is 2. The number of hydrogen-bond donors (Lipinski definition) is 2. The number of thiol groups is 1. The Morgan fingerprint density at radius 2 is 1.77 bits per heavy atom. The number of fused-ring (bicyclic) bond motifs is 1. The van der Waals surface area contributed by atoms with Crippen LogP contribution in [0, 0.1) is 5.82 Å². The van der Waals surface area contributed by atoms with Gasteiger partial charge in [0.25, 0.3) is 5.91 Å². The maximum Gasteiger partial charge on any atom is 0.253 e. The van der Waals surface area contributed by atoms with Crippen LogP contribution in [0.5, 0.6) is 0 Å². The number of rotatable bonds is 6. The molecule has 2 N–H and O–H groups in total. The van der Waals surface area contributed by atoms with Gasteiger partial charge in [0.2, 0.25) is 10.9 Å². The second kappa shape index (κ2) is 8.19. The van der Waals surface area contributed by atoms with Gasteiger partial charge in [-0.2, -0.15) is 5.10 Å². The predicted molar refractivity (Wildman–Crippen MR) is 118 cm³/mol. The summed E-state index contributed by atoms with van der Waals surface area (Å²) in [6, 6.07) is 16.5. The topological polar surface area (TPSA) is 97.8 Å². The Labute approximate surface area is 179 Å². The van der Waals surface area contributed by atoms with E-state index >= 15 is 0 Å². The number of nitrogens with two attached hydrogens (primary N) is 1. The lowest BCUT2D eigenvalue weighted by atomic mass is 10.0. The Hall–Kier alpha value is -3.72. The molecule has 31 heavy (non-hydrogen) atoms. The molecule has 0 radical (unpaired) electrons. The van der Waals surface area contributed by atoms with E-state index in [-0.39, 0.29) is 12.1 Å². The molecule has 0 saturated heterocycles. The van der Waals surface area contributed by atoms with E-state index in [4.69, 9.17) is 5.73 Å². The minimum absolute atomic E-state index is 0.171. The molecule has 9 heteroatoms. The highest BCUT2D eigenvalue weighted by Gasteiger charge is 2.23. The molecule has 0 bridgehead atoms. The van der Waals surface area contributed by atoms with Gasteiger partial charge in [0.05, 0.1) is 23.0 Å². The summed E-state index contributed by atoms with van der Waals surface area (Å²) >= 11 is 0. The van der Waals surface area contributed by atoms with Crippen molar-refractivity contribution in [3.63, 3.8) is 0 Å². The number of carbonyl (C=O) groups is 1. The summed E-state index contributed by atoms with van der Waals surface area (Å²) in [7, 11) is -2.90. The molecule has 0 aliphatic rings. The number of halogens is 1. The first-order valence-corrected chi connectivity index (χ1v) is 10.6. The lowest BCUT2D eigenvalue weighted by Crippen LogP contribution is -2.21. The van der Waals surface area contributed by atoms with Crippen LogP contribution in [0.4, 0.5) is 10.1 Å². The second-order valence-corrected chi connectivity index (χ2v) is 7.78. The minimum atomic E-state index is -2.90. The van der Waals surface area contributed by atoms with E-state index in [2.05, 4.69) is 5.10 Å². The molecule has 0 aliphatic carbocycles. The van der Waals surface area contributed by atoms with Gasteiger partial charge < -0.3 is 5.73 Å². The highest BCUT2D eigenvalue weighted by Crippen LogP contribution is 2.35. The molecule has 4 aromatic rings. The largest absolute Gasteiger partial charge is 0.365 e. The van der Waals surface area contributed by atoms with E-state index in [0.717, 1.165) is 5.56 Å². The molecule has 2 aromatic heterocycles. The fraction of sp³-hybridized carbons (Fsp3) is 0.0909. The Bertz CT molecular complexity index is 1340. The number of pyridine rings is 1. The van der Waals surface area contributed by atoms with Crippen LogP contribution in [0.1, 0.15) is 17.3 Å². The van der Waals surface area contributed by atoms with E-state index < -0.39 is 22.6 Å². The minimum Gasteiger partial charge on any atom is -0.365 e. The van der Waals surface area contributed by atoms with Crippen LogP contribution >= 0.6 is 0 Å². The first kappa shape index (κ1) is 20.5. The monoisotopic (exact) mass is 438 g/mol. The summed E-state index contributed by atoms with van der Waals surface area (Å²) in [5, 5.41) is 4.48. The van der Waals surface area contributed by atoms with Gasteiger partial charge in [0.15, 0.2) is 0 Å². The van der Waals surface area contributed by atoms with Crippen molar-refractivity contribution in [2.24, 2.45) is 5.73 Å². The first-order chi connectivity index (χ1) is 14.9. The van der Waals surface area contributed by atoms with Gasteiger partial charge in [-0.15, -0.1) is 0 Å². The van der Waals surface area contributed by atoms with E-state index in [1.54, 1.807) is 19.2 Å². The standard InChI is InChI=1S/C22H19FN4O3S/c1-2-27(31(29)30)19-13-26-18(12-17(19)14-6-4-3-5-7-14)20(22(24)28)21(25-26)15-8-10-16(23)11-9-15/h3-13,31H,2H2,1H3,(H2,24,28). The van der Waals surface area contributed by atoms with Crippen molar-refractivity contribution in [2.45, 2.75) is 6.92 Å². The van der Waals surface area contributed by atoms with Crippen LogP contribution < -0.4 is 10.0 Å². The van der Waals surface area contributed by atoms with Gasteiger partial charge in [-0.05, 0) is 42.8 Å². The number of hydrogen-bond acceptors (Lipinski definition) is 4. The zero-order valence-corrected chi connectivity index (χ0v) is 17.4. The molecular formula is C22H19FN4O3S.